The summed E-state index contributed by atoms with van der Waals surface area (Å²) < 4.78 is 9.02. The molecule has 1 atom stereocenters. The Morgan fingerprint density at radius 2 is 2.12 bits per heavy atom. The number of H-pyrrole nitrogens is 1. The second kappa shape index (κ2) is 6.94. The van der Waals surface area contributed by atoms with Crippen LogP contribution >= 0.6 is 0 Å². The summed E-state index contributed by atoms with van der Waals surface area (Å²) in [6.07, 6.45) is 7.81. The van der Waals surface area contributed by atoms with E-state index in [1.54, 1.807) is 28.7 Å². The van der Waals surface area contributed by atoms with Gasteiger partial charge in [-0.1, -0.05) is 6.07 Å². The van der Waals surface area contributed by atoms with E-state index in [2.05, 4.69) is 15.1 Å². The monoisotopic (exact) mass is 427 g/mol. The first-order valence-corrected chi connectivity index (χ1v) is 10.4. The van der Waals surface area contributed by atoms with Crippen LogP contribution in [0.3, 0.4) is 0 Å². The number of nitrogens with zero attached hydrogens (tertiary/aromatic N) is 6. The SMILES string of the molecule is COc1cccn2nc([C@@H]3c4nc[nH]c4CCN3C(=O)c3cnn4cc(C)ccc34)cc12. The van der Waals surface area contributed by atoms with E-state index in [0.29, 0.717) is 18.5 Å². The molecule has 0 aliphatic carbocycles. The number of aromatic amines is 1. The topological polar surface area (TPSA) is 92.8 Å². The Bertz CT molecular complexity index is 1480. The molecule has 0 saturated heterocycles. The second-order valence-electron chi connectivity index (χ2n) is 7.99. The van der Waals surface area contributed by atoms with Crippen LogP contribution in [0.25, 0.3) is 11.0 Å². The van der Waals surface area contributed by atoms with E-state index in [1.807, 2.05) is 54.5 Å². The van der Waals surface area contributed by atoms with Crippen molar-refractivity contribution >= 4 is 16.9 Å². The van der Waals surface area contributed by atoms with E-state index in [-0.39, 0.29) is 5.91 Å². The zero-order valence-electron chi connectivity index (χ0n) is 17.7. The zero-order valence-corrected chi connectivity index (χ0v) is 17.7. The van der Waals surface area contributed by atoms with E-state index in [1.165, 1.54) is 0 Å². The van der Waals surface area contributed by atoms with Gasteiger partial charge in [-0.2, -0.15) is 10.2 Å². The maximum Gasteiger partial charge on any atom is 0.258 e. The Balaban J connectivity index is 1.49. The molecule has 5 aromatic rings. The molecule has 0 spiro atoms. The van der Waals surface area contributed by atoms with Gasteiger partial charge in [-0.05, 0) is 36.8 Å². The maximum absolute atomic E-state index is 13.8. The summed E-state index contributed by atoms with van der Waals surface area (Å²) >= 11 is 0. The van der Waals surface area contributed by atoms with Crippen LogP contribution in [0.2, 0.25) is 0 Å². The lowest BCUT2D eigenvalue weighted by molar-refractivity contribution is 0.0689. The molecule has 9 nitrogen and oxygen atoms in total. The van der Waals surface area contributed by atoms with Gasteiger partial charge in [-0.3, -0.25) is 4.79 Å². The molecule has 0 fully saturated rings. The predicted octanol–water partition coefficient (Wildman–Crippen LogP) is 2.81. The number of carbonyl (C=O) groups excluding carboxylic acids is 1. The van der Waals surface area contributed by atoms with Gasteiger partial charge in [0, 0.05) is 31.1 Å². The number of carbonyl (C=O) groups is 1. The number of methoxy groups -OCH3 is 1. The highest BCUT2D eigenvalue weighted by molar-refractivity contribution is 6.01. The van der Waals surface area contributed by atoms with Crippen LogP contribution in [0.1, 0.15) is 39.0 Å². The average molecular weight is 427 g/mol. The predicted molar refractivity (Wildman–Crippen MR) is 117 cm³/mol. The molecule has 0 radical (unpaired) electrons. The first-order chi connectivity index (χ1) is 15.6. The van der Waals surface area contributed by atoms with Gasteiger partial charge in [0.05, 0.1) is 42.1 Å². The van der Waals surface area contributed by atoms with E-state index >= 15 is 0 Å². The molecule has 1 N–H and O–H groups in total. The highest BCUT2D eigenvalue weighted by atomic mass is 16.5. The van der Waals surface area contributed by atoms with Gasteiger partial charge >= 0.3 is 0 Å². The summed E-state index contributed by atoms with van der Waals surface area (Å²) in [4.78, 5) is 23.4. The fourth-order valence-corrected chi connectivity index (χ4v) is 4.52. The molecule has 6 rings (SSSR count). The number of aryl methyl sites for hydroxylation is 1. The molecular formula is C23H21N7O2. The molecule has 1 aliphatic heterocycles. The van der Waals surface area contributed by atoms with Crippen molar-refractivity contribution in [2.24, 2.45) is 0 Å². The Morgan fingerprint density at radius 3 is 3.00 bits per heavy atom. The van der Waals surface area contributed by atoms with Crippen LogP contribution < -0.4 is 4.74 Å². The van der Waals surface area contributed by atoms with Crippen LogP contribution in [0.4, 0.5) is 0 Å². The molecular weight excluding hydrogens is 406 g/mol. The Kier molecular flexibility index (Phi) is 4.04. The van der Waals surface area contributed by atoms with Crippen LogP contribution in [0.5, 0.6) is 5.75 Å². The number of hydrogen-bond acceptors (Lipinski definition) is 5. The summed E-state index contributed by atoms with van der Waals surface area (Å²) in [6.45, 7) is 2.55. The lowest BCUT2D eigenvalue weighted by Gasteiger charge is -2.33. The Hall–Kier alpha value is -4.14. The highest BCUT2D eigenvalue weighted by Crippen LogP contribution is 2.35. The minimum atomic E-state index is -0.414. The smallest absolute Gasteiger partial charge is 0.258 e. The summed E-state index contributed by atoms with van der Waals surface area (Å²) in [6, 6.07) is 9.25. The molecule has 32 heavy (non-hydrogen) atoms. The maximum atomic E-state index is 13.8. The first kappa shape index (κ1) is 18.6. The number of pyridine rings is 2. The standard InChI is InChI=1S/C23H21N7O2/c1-14-5-6-18-15(11-26-30(18)12-14)23(31)28-9-7-16-21(25-13-24-16)22(28)17-10-19-20(32-2)4-3-8-29(19)27-17/h3-6,8,10-13,22H,7,9H2,1-2H3,(H,24,25)/t22-/m1/s1. The van der Waals surface area contributed by atoms with E-state index in [4.69, 9.17) is 9.84 Å². The number of rotatable bonds is 3. The van der Waals surface area contributed by atoms with E-state index < -0.39 is 6.04 Å². The fraction of sp³-hybridized carbons (Fsp3) is 0.217. The van der Waals surface area contributed by atoms with Gasteiger partial charge in [0.25, 0.3) is 5.91 Å². The van der Waals surface area contributed by atoms with Crippen molar-refractivity contribution in [3.63, 3.8) is 0 Å². The first-order valence-electron chi connectivity index (χ1n) is 10.4. The quantitative estimate of drug-likeness (QED) is 0.478. The number of amides is 1. The molecule has 0 aromatic carbocycles. The molecule has 0 bridgehead atoms. The van der Waals surface area contributed by atoms with Crippen molar-refractivity contribution in [3.8, 4) is 5.75 Å². The summed E-state index contributed by atoms with van der Waals surface area (Å²) in [5, 5.41) is 9.18. The lowest BCUT2D eigenvalue weighted by atomic mass is 9.98. The van der Waals surface area contributed by atoms with Gasteiger partial charge in [-0.15, -0.1) is 0 Å². The lowest BCUT2D eigenvalue weighted by Crippen LogP contribution is -2.41. The van der Waals surface area contributed by atoms with Crippen LogP contribution in [0, 0.1) is 6.92 Å². The third kappa shape index (κ3) is 2.71. The molecule has 5 aromatic heterocycles. The largest absolute Gasteiger partial charge is 0.494 e. The number of nitrogens with one attached hydrogen (secondary N) is 1. The highest BCUT2D eigenvalue weighted by Gasteiger charge is 2.37. The summed E-state index contributed by atoms with van der Waals surface area (Å²) in [5.74, 6) is 0.631. The number of aromatic nitrogens is 6. The third-order valence-corrected chi connectivity index (χ3v) is 6.06. The van der Waals surface area contributed by atoms with Gasteiger partial charge in [-0.25, -0.2) is 14.0 Å². The van der Waals surface area contributed by atoms with Crippen molar-refractivity contribution < 1.29 is 9.53 Å². The van der Waals surface area contributed by atoms with Crippen LogP contribution in [0.15, 0.2) is 55.2 Å². The van der Waals surface area contributed by atoms with Gasteiger partial charge < -0.3 is 14.6 Å². The average Bonchev–Trinajstić information content (AvgIpc) is 3.54. The van der Waals surface area contributed by atoms with Gasteiger partial charge in [0.15, 0.2) is 0 Å². The number of hydrogen-bond donors (Lipinski definition) is 1. The van der Waals surface area contributed by atoms with Crippen molar-refractivity contribution in [2.75, 3.05) is 13.7 Å². The van der Waals surface area contributed by atoms with E-state index in [0.717, 1.165) is 39.4 Å². The van der Waals surface area contributed by atoms with E-state index in [9.17, 15) is 4.79 Å². The normalized spacial score (nSPS) is 15.9. The van der Waals surface area contributed by atoms with Crippen LogP contribution in [-0.4, -0.2) is 53.7 Å². The molecule has 0 unspecified atom stereocenters. The molecule has 160 valence electrons. The Morgan fingerprint density at radius 1 is 1.22 bits per heavy atom. The van der Waals surface area contributed by atoms with Crippen LogP contribution in [-0.2, 0) is 6.42 Å². The fourth-order valence-electron chi connectivity index (χ4n) is 4.52. The minimum absolute atomic E-state index is 0.0912. The minimum Gasteiger partial charge on any atom is -0.494 e. The van der Waals surface area contributed by atoms with Crippen molar-refractivity contribution in [1.82, 2.24) is 34.1 Å². The third-order valence-electron chi connectivity index (χ3n) is 6.06. The van der Waals surface area contributed by atoms with Crippen molar-refractivity contribution in [3.05, 3.63) is 83.5 Å². The Labute approximate surface area is 183 Å². The molecule has 1 aliphatic rings. The summed E-state index contributed by atoms with van der Waals surface area (Å²) in [7, 11) is 1.64. The van der Waals surface area contributed by atoms with Gasteiger partial charge in [0.1, 0.15) is 17.3 Å². The zero-order chi connectivity index (χ0) is 21.8. The molecule has 0 saturated carbocycles. The summed E-state index contributed by atoms with van der Waals surface area (Å²) in [5.41, 5.74) is 5.85. The molecule has 1 amide bonds. The van der Waals surface area contributed by atoms with Crippen molar-refractivity contribution in [2.45, 2.75) is 19.4 Å². The molecule has 9 heteroatoms. The number of fused-ring (bicyclic) bond motifs is 3. The number of imidazole rings is 1. The number of ether oxygens (including phenoxy) is 1. The van der Waals surface area contributed by atoms with Crippen molar-refractivity contribution in [1.29, 1.82) is 0 Å². The molecule has 6 heterocycles. The second-order valence-corrected chi connectivity index (χ2v) is 7.99. The van der Waals surface area contributed by atoms with Gasteiger partial charge in [0.2, 0.25) is 0 Å².